The highest BCUT2D eigenvalue weighted by Gasteiger charge is 2.33. The molecule has 0 aromatic heterocycles. The van der Waals surface area contributed by atoms with E-state index in [0.717, 1.165) is 5.56 Å². The van der Waals surface area contributed by atoms with Crippen LogP contribution in [0.2, 0.25) is 0 Å². The normalized spacial score (nSPS) is 13.5. The molecule has 0 unspecified atom stereocenters. The van der Waals surface area contributed by atoms with Crippen molar-refractivity contribution in [2.45, 2.75) is 98.5 Å². The topological polar surface area (TPSA) is 108 Å². The summed E-state index contributed by atoms with van der Waals surface area (Å²) in [7, 11) is 0. The number of amides is 1. The molecule has 0 spiro atoms. The molecule has 0 fully saturated rings. The third-order valence-corrected chi connectivity index (χ3v) is 4.62. The number of Topliss-reactive ketones (excluding diaryl/α,β-unsaturated/α-hetero) is 1. The number of rotatable bonds is 11. The lowest BCUT2D eigenvalue weighted by molar-refractivity contribution is -0.162. The molecular formula is C27H41NO7. The van der Waals surface area contributed by atoms with Crippen LogP contribution in [0.5, 0.6) is 0 Å². The van der Waals surface area contributed by atoms with E-state index < -0.39 is 41.2 Å². The summed E-state index contributed by atoms with van der Waals surface area (Å²) in [4.78, 5) is 50.9. The lowest BCUT2D eigenvalue weighted by atomic mass is 9.91. The van der Waals surface area contributed by atoms with Crippen LogP contribution < -0.4 is 5.32 Å². The number of esters is 2. The van der Waals surface area contributed by atoms with Crippen LogP contribution in [0, 0.1) is 11.8 Å². The highest BCUT2D eigenvalue weighted by atomic mass is 16.6. The van der Waals surface area contributed by atoms with E-state index in [1.807, 2.05) is 44.2 Å². The second-order valence-corrected chi connectivity index (χ2v) is 11.1. The Balaban J connectivity index is 3.00. The summed E-state index contributed by atoms with van der Waals surface area (Å²) in [5, 5.41) is 2.62. The van der Waals surface area contributed by atoms with Gasteiger partial charge in [-0.15, -0.1) is 0 Å². The van der Waals surface area contributed by atoms with Gasteiger partial charge in [0.1, 0.15) is 17.8 Å². The number of alkyl carbamates (subject to hydrolysis) is 1. The summed E-state index contributed by atoms with van der Waals surface area (Å²) in [6, 6.07) is 8.25. The van der Waals surface area contributed by atoms with Gasteiger partial charge in [-0.1, -0.05) is 44.2 Å². The maximum atomic E-state index is 13.2. The maximum Gasteiger partial charge on any atom is 0.408 e. The van der Waals surface area contributed by atoms with Gasteiger partial charge >= 0.3 is 18.0 Å². The number of hydrogen-bond donors (Lipinski definition) is 1. The van der Waals surface area contributed by atoms with Crippen LogP contribution in [-0.4, -0.2) is 41.1 Å². The Morgan fingerprint density at radius 2 is 1.43 bits per heavy atom. The first-order valence-electron chi connectivity index (χ1n) is 12.0. The van der Waals surface area contributed by atoms with Crippen LogP contribution in [-0.2, 0) is 35.2 Å². The van der Waals surface area contributed by atoms with Gasteiger partial charge in [0.2, 0.25) is 0 Å². The second kappa shape index (κ2) is 13.3. The zero-order chi connectivity index (χ0) is 26.8. The average Bonchev–Trinajstić information content (AvgIpc) is 2.68. The molecule has 1 N–H and O–H groups in total. The Bertz CT molecular complexity index is 851. The summed E-state index contributed by atoms with van der Waals surface area (Å²) in [6.07, 6.45) is -0.944. The minimum atomic E-state index is -1.05. The van der Waals surface area contributed by atoms with Crippen molar-refractivity contribution in [2.24, 2.45) is 11.8 Å². The van der Waals surface area contributed by atoms with Gasteiger partial charge in [-0.2, -0.15) is 0 Å². The van der Waals surface area contributed by atoms with Crippen molar-refractivity contribution in [2.75, 3.05) is 0 Å². The fourth-order valence-corrected chi connectivity index (χ4v) is 3.25. The number of benzene rings is 1. The number of carbonyl (C=O) groups is 4. The lowest BCUT2D eigenvalue weighted by Gasteiger charge is -2.25. The van der Waals surface area contributed by atoms with Gasteiger partial charge in [0.25, 0.3) is 0 Å². The van der Waals surface area contributed by atoms with E-state index in [4.69, 9.17) is 14.2 Å². The second-order valence-electron chi connectivity index (χ2n) is 11.1. The van der Waals surface area contributed by atoms with Crippen molar-refractivity contribution in [3.63, 3.8) is 0 Å². The average molecular weight is 492 g/mol. The van der Waals surface area contributed by atoms with Crippen LogP contribution in [0.4, 0.5) is 4.79 Å². The first-order valence-corrected chi connectivity index (χ1v) is 12.0. The van der Waals surface area contributed by atoms with Crippen molar-refractivity contribution >= 4 is 23.8 Å². The van der Waals surface area contributed by atoms with Crippen LogP contribution in [0.15, 0.2) is 30.3 Å². The van der Waals surface area contributed by atoms with Gasteiger partial charge in [-0.05, 0) is 59.4 Å². The molecule has 0 saturated carbocycles. The van der Waals surface area contributed by atoms with Crippen LogP contribution in [0.25, 0.3) is 0 Å². The largest absolute Gasteiger partial charge is 0.461 e. The number of ether oxygens (including phenoxy) is 3. The molecule has 1 amide bonds. The maximum absolute atomic E-state index is 13.2. The van der Waals surface area contributed by atoms with Crippen molar-refractivity contribution in [1.82, 2.24) is 5.32 Å². The van der Waals surface area contributed by atoms with Gasteiger partial charge in [0.05, 0.1) is 18.4 Å². The Hall–Kier alpha value is -2.90. The Morgan fingerprint density at radius 1 is 0.857 bits per heavy atom. The van der Waals surface area contributed by atoms with E-state index in [2.05, 4.69) is 5.32 Å². The van der Waals surface area contributed by atoms with E-state index in [1.165, 1.54) is 0 Å². The molecule has 0 radical (unpaired) electrons. The van der Waals surface area contributed by atoms with Gasteiger partial charge in [-0.3, -0.25) is 14.4 Å². The standard InChI is InChI=1S/C27H41NO7/c1-18(2)14-21(28-25(32)35-27(6,7)8)22(29)15-20(16-23(30)34-26(3,4)5)24(31)33-17-19-12-10-9-11-13-19/h9-13,18,20-21H,14-17H2,1-8H3,(H,28,32)/t20-,21-/m1/s1. The molecule has 1 aromatic rings. The number of nitrogens with one attached hydrogen (secondary N) is 1. The summed E-state index contributed by atoms with van der Waals surface area (Å²) < 4.78 is 16.1. The third-order valence-electron chi connectivity index (χ3n) is 4.62. The minimum Gasteiger partial charge on any atom is -0.461 e. The minimum absolute atomic E-state index is 0.0181. The number of hydrogen-bond acceptors (Lipinski definition) is 7. The molecule has 0 bridgehead atoms. The monoisotopic (exact) mass is 491 g/mol. The molecule has 2 atom stereocenters. The van der Waals surface area contributed by atoms with E-state index in [9.17, 15) is 19.2 Å². The number of ketones is 1. The molecule has 0 aliphatic heterocycles. The summed E-state index contributed by atoms with van der Waals surface area (Å²) in [5.41, 5.74) is -0.680. The summed E-state index contributed by atoms with van der Waals surface area (Å²) in [6.45, 7) is 14.2. The molecule has 1 rings (SSSR count). The predicted octanol–water partition coefficient (Wildman–Crippen LogP) is 4.98. The van der Waals surface area contributed by atoms with E-state index in [-0.39, 0.29) is 31.1 Å². The fraction of sp³-hybridized carbons (Fsp3) is 0.630. The summed E-state index contributed by atoms with van der Waals surface area (Å²) in [5.74, 6) is -2.61. The highest BCUT2D eigenvalue weighted by molar-refractivity contribution is 5.91. The molecule has 196 valence electrons. The van der Waals surface area contributed by atoms with E-state index in [0.29, 0.717) is 6.42 Å². The van der Waals surface area contributed by atoms with Crippen LogP contribution in [0.1, 0.15) is 80.2 Å². The smallest absolute Gasteiger partial charge is 0.408 e. The van der Waals surface area contributed by atoms with Crippen LogP contribution in [0.3, 0.4) is 0 Å². The molecule has 8 heteroatoms. The van der Waals surface area contributed by atoms with Crippen molar-refractivity contribution < 1.29 is 33.4 Å². The molecule has 0 aliphatic carbocycles. The quantitative estimate of drug-likeness (QED) is 0.344. The van der Waals surface area contributed by atoms with Gasteiger partial charge in [0, 0.05) is 6.42 Å². The molecule has 1 aromatic carbocycles. The van der Waals surface area contributed by atoms with Gasteiger partial charge in [-0.25, -0.2) is 4.79 Å². The molecular weight excluding hydrogens is 450 g/mol. The first-order chi connectivity index (χ1) is 16.1. The molecule has 0 saturated heterocycles. The van der Waals surface area contributed by atoms with Crippen LogP contribution >= 0.6 is 0 Å². The molecule has 35 heavy (non-hydrogen) atoms. The SMILES string of the molecule is CC(C)C[C@@H](NC(=O)OC(C)(C)C)C(=O)C[C@H](CC(=O)OC(C)(C)C)C(=O)OCc1ccccc1. The van der Waals surface area contributed by atoms with Crippen molar-refractivity contribution in [3.05, 3.63) is 35.9 Å². The first kappa shape index (κ1) is 30.1. The van der Waals surface area contributed by atoms with Crippen molar-refractivity contribution in [1.29, 1.82) is 0 Å². The third kappa shape index (κ3) is 13.5. The molecule has 0 aliphatic rings. The summed E-state index contributed by atoms with van der Waals surface area (Å²) >= 11 is 0. The van der Waals surface area contributed by atoms with Crippen molar-refractivity contribution in [3.8, 4) is 0 Å². The number of carbonyl (C=O) groups excluding carboxylic acids is 4. The zero-order valence-corrected chi connectivity index (χ0v) is 22.3. The Kier molecular flexibility index (Phi) is 11.4. The molecule has 8 nitrogen and oxygen atoms in total. The Morgan fingerprint density at radius 3 is 1.94 bits per heavy atom. The van der Waals surface area contributed by atoms with Gasteiger partial charge < -0.3 is 19.5 Å². The van der Waals surface area contributed by atoms with E-state index >= 15 is 0 Å². The van der Waals surface area contributed by atoms with Gasteiger partial charge in [0.15, 0.2) is 5.78 Å². The van der Waals surface area contributed by atoms with E-state index in [1.54, 1.807) is 41.5 Å². The lowest BCUT2D eigenvalue weighted by Crippen LogP contribution is -2.45. The zero-order valence-electron chi connectivity index (χ0n) is 22.3. The molecule has 0 heterocycles. The highest BCUT2D eigenvalue weighted by Crippen LogP contribution is 2.20. The Labute approximate surface area is 209 Å². The fourth-order valence-electron chi connectivity index (χ4n) is 3.25. The predicted molar refractivity (Wildman–Crippen MR) is 132 cm³/mol.